The van der Waals surface area contributed by atoms with Crippen LogP contribution in [0.4, 0.5) is 5.69 Å². The number of rotatable bonds is 3. The molecule has 126 valence electrons. The molecule has 6 heteroatoms. The van der Waals surface area contributed by atoms with Crippen molar-refractivity contribution < 1.29 is 9.59 Å². The third-order valence-corrected chi connectivity index (χ3v) is 4.71. The van der Waals surface area contributed by atoms with Gasteiger partial charge in [0, 0.05) is 25.8 Å². The molecule has 0 spiro atoms. The number of amides is 2. The van der Waals surface area contributed by atoms with Crippen molar-refractivity contribution in [1.82, 2.24) is 10.2 Å². The van der Waals surface area contributed by atoms with E-state index in [2.05, 4.69) is 5.32 Å². The molecular formula is C17H24ClN3O2. The molecule has 1 N–H and O–H groups in total. The second-order valence-electron chi connectivity index (χ2n) is 6.12. The Morgan fingerprint density at radius 2 is 2.00 bits per heavy atom. The van der Waals surface area contributed by atoms with Gasteiger partial charge in [0.05, 0.1) is 5.92 Å². The predicted octanol–water partition coefficient (Wildman–Crippen LogP) is 1.67. The largest absolute Gasteiger partial charge is 0.333 e. The van der Waals surface area contributed by atoms with E-state index in [1.54, 1.807) is 16.8 Å². The highest BCUT2D eigenvalue weighted by atomic mass is 35.5. The Kier molecular flexibility index (Phi) is 6.02. The number of piperidine rings is 1. The van der Waals surface area contributed by atoms with E-state index in [9.17, 15) is 9.59 Å². The maximum Gasteiger partial charge on any atom is 0.249 e. The minimum absolute atomic E-state index is 0. The number of nitrogens with one attached hydrogen (secondary N) is 1. The van der Waals surface area contributed by atoms with E-state index in [0.29, 0.717) is 13.0 Å². The Balaban J connectivity index is 0.00000192. The lowest BCUT2D eigenvalue weighted by molar-refractivity contribution is -0.140. The highest BCUT2D eigenvalue weighted by Crippen LogP contribution is 2.25. The topological polar surface area (TPSA) is 52.7 Å². The van der Waals surface area contributed by atoms with Crippen LogP contribution in [0.1, 0.15) is 19.3 Å². The minimum Gasteiger partial charge on any atom is -0.333 e. The van der Waals surface area contributed by atoms with Crippen LogP contribution in [0.5, 0.6) is 0 Å². The summed E-state index contributed by atoms with van der Waals surface area (Å²) in [6.45, 7) is 2.39. The lowest BCUT2D eigenvalue weighted by atomic mass is 9.97. The van der Waals surface area contributed by atoms with Crippen molar-refractivity contribution in [3.63, 3.8) is 0 Å². The van der Waals surface area contributed by atoms with Crippen LogP contribution in [0.2, 0.25) is 0 Å². The lowest BCUT2D eigenvalue weighted by Gasteiger charge is -2.30. The fourth-order valence-electron chi connectivity index (χ4n) is 3.39. The summed E-state index contributed by atoms with van der Waals surface area (Å²) in [5, 5.41) is 3.26. The zero-order valence-corrected chi connectivity index (χ0v) is 14.2. The van der Waals surface area contributed by atoms with Crippen LogP contribution in [0.3, 0.4) is 0 Å². The molecule has 2 atom stereocenters. The number of carbonyl (C=O) groups is 2. The second kappa shape index (κ2) is 7.79. The third-order valence-electron chi connectivity index (χ3n) is 4.71. The lowest BCUT2D eigenvalue weighted by Crippen LogP contribution is -2.48. The number of hydrogen-bond donors (Lipinski definition) is 1. The molecule has 2 aliphatic heterocycles. The molecule has 2 amide bonds. The Morgan fingerprint density at radius 1 is 1.26 bits per heavy atom. The van der Waals surface area contributed by atoms with E-state index < -0.39 is 0 Å². The summed E-state index contributed by atoms with van der Waals surface area (Å²) in [7, 11) is 1.77. The number of likely N-dealkylation sites (N-methyl/N-ethyl adjacent to an activating group) is 1. The van der Waals surface area contributed by atoms with E-state index in [1.165, 1.54) is 0 Å². The average molecular weight is 338 g/mol. The summed E-state index contributed by atoms with van der Waals surface area (Å²) < 4.78 is 0. The van der Waals surface area contributed by atoms with Gasteiger partial charge in [-0.05, 0) is 37.9 Å². The molecule has 0 aliphatic carbocycles. The van der Waals surface area contributed by atoms with Crippen LogP contribution < -0.4 is 10.2 Å². The summed E-state index contributed by atoms with van der Waals surface area (Å²) in [5.74, 6) is 0.142. The normalized spacial score (nSPS) is 24.2. The van der Waals surface area contributed by atoms with Crippen molar-refractivity contribution in [2.24, 2.45) is 5.92 Å². The molecule has 0 saturated carbocycles. The molecule has 5 nitrogen and oxygen atoms in total. The van der Waals surface area contributed by atoms with Crippen LogP contribution in [0.25, 0.3) is 0 Å². The van der Waals surface area contributed by atoms with Gasteiger partial charge in [0.15, 0.2) is 0 Å². The van der Waals surface area contributed by atoms with Crippen molar-refractivity contribution in [3.8, 4) is 0 Å². The average Bonchev–Trinajstić information content (AvgIpc) is 2.96. The standard InChI is InChI=1S/C17H23N3O2.ClH/c1-19(16(21)13-6-5-10-18-12-13)15-9-11-20(17(15)22)14-7-3-2-4-8-14;/h2-4,7-8,13,15,18H,5-6,9-12H2,1H3;1H. The number of benzene rings is 1. The first-order valence-electron chi connectivity index (χ1n) is 8.02. The molecule has 23 heavy (non-hydrogen) atoms. The summed E-state index contributed by atoms with van der Waals surface area (Å²) in [4.78, 5) is 28.7. The van der Waals surface area contributed by atoms with Crippen molar-refractivity contribution in [1.29, 1.82) is 0 Å². The maximum atomic E-state index is 12.7. The first kappa shape index (κ1) is 17.8. The van der Waals surface area contributed by atoms with Crippen LogP contribution in [-0.4, -0.2) is 49.4 Å². The van der Waals surface area contributed by atoms with Crippen molar-refractivity contribution in [2.45, 2.75) is 25.3 Å². The van der Waals surface area contributed by atoms with Gasteiger partial charge in [-0.2, -0.15) is 0 Å². The second-order valence-corrected chi connectivity index (χ2v) is 6.12. The van der Waals surface area contributed by atoms with Gasteiger partial charge in [-0.3, -0.25) is 9.59 Å². The molecular weight excluding hydrogens is 314 g/mol. The van der Waals surface area contributed by atoms with Crippen LogP contribution in [0.15, 0.2) is 30.3 Å². The first-order valence-corrected chi connectivity index (χ1v) is 8.02. The van der Waals surface area contributed by atoms with Gasteiger partial charge in [-0.15, -0.1) is 12.4 Å². The highest BCUT2D eigenvalue weighted by molar-refractivity contribution is 6.01. The molecule has 0 aromatic heterocycles. The van der Waals surface area contributed by atoms with Crippen LogP contribution >= 0.6 is 12.4 Å². The molecule has 2 fully saturated rings. The summed E-state index contributed by atoms with van der Waals surface area (Å²) >= 11 is 0. The molecule has 0 bridgehead atoms. The minimum atomic E-state index is -0.324. The Hall–Kier alpha value is -1.59. The maximum absolute atomic E-state index is 12.7. The van der Waals surface area contributed by atoms with Crippen molar-refractivity contribution in [2.75, 3.05) is 31.6 Å². The molecule has 2 aliphatic rings. The molecule has 3 rings (SSSR count). The molecule has 1 aromatic carbocycles. The smallest absolute Gasteiger partial charge is 0.249 e. The van der Waals surface area contributed by atoms with Crippen molar-refractivity contribution in [3.05, 3.63) is 30.3 Å². The fourth-order valence-corrected chi connectivity index (χ4v) is 3.39. The van der Waals surface area contributed by atoms with Gasteiger partial charge in [0.1, 0.15) is 6.04 Å². The Bertz CT molecular complexity index is 546. The molecule has 2 unspecified atom stereocenters. The van der Waals surface area contributed by atoms with E-state index in [1.807, 2.05) is 30.3 Å². The fraction of sp³-hybridized carbons (Fsp3) is 0.529. The quantitative estimate of drug-likeness (QED) is 0.913. The Morgan fingerprint density at radius 3 is 2.65 bits per heavy atom. The van der Waals surface area contributed by atoms with Gasteiger partial charge in [0.25, 0.3) is 0 Å². The van der Waals surface area contributed by atoms with Gasteiger partial charge in [-0.1, -0.05) is 18.2 Å². The van der Waals surface area contributed by atoms with Gasteiger partial charge in [-0.25, -0.2) is 0 Å². The van der Waals surface area contributed by atoms with E-state index >= 15 is 0 Å². The van der Waals surface area contributed by atoms with Crippen LogP contribution in [0, 0.1) is 5.92 Å². The number of nitrogens with zero attached hydrogens (tertiary/aromatic N) is 2. The SMILES string of the molecule is CN(C(=O)C1CCCNC1)C1CCN(c2ccccc2)C1=O.Cl. The zero-order valence-electron chi connectivity index (χ0n) is 13.4. The van der Waals surface area contributed by atoms with Gasteiger partial charge >= 0.3 is 0 Å². The van der Waals surface area contributed by atoms with Gasteiger partial charge in [0.2, 0.25) is 11.8 Å². The highest BCUT2D eigenvalue weighted by Gasteiger charge is 2.38. The predicted molar refractivity (Wildman–Crippen MR) is 92.8 cm³/mol. The number of hydrogen-bond acceptors (Lipinski definition) is 3. The van der Waals surface area contributed by atoms with E-state index in [0.717, 1.165) is 31.6 Å². The summed E-state index contributed by atoms with van der Waals surface area (Å²) in [6.07, 6.45) is 2.65. The zero-order chi connectivity index (χ0) is 15.5. The third kappa shape index (κ3) is 3.67. The van der Waals surface area contributed by atoms with E-state index in [4.69, 9.17) is 0 Å². The molecule has 2 saturated heterocycles. The number of halogens is 1. The van der Waals surface area contributed by atoms with Crippen LogP contribution in [-0.2, 0) is 9.59 Å². The molecule has 2 heterocycles. The number of anilines is 1. The Labute approximate surface area is 143 Å². The molecule has 1 aromatic rings. The first-order chi connectivity index (χ1) is 10.7. The monoisotopic (exact) mass is 337 g/mol. The van der Waals surface area contributed by atoms with Gasteiger partial charge < -0.3 is 15.1 Å². The summed E-state index contributed by atoms with van der Waals surface area (Å²) in [6, 6.07) is 9.35. The number of carbonyl (C=O) groups excluding carboxylic acids is 2. The number of para-hydroxylation sites is 1. The molecule has 0 radical (unpaired) electrons. The van der Waals surface area contributed by atoms with Crippen molar-refractivity contribution >= 4 is 29.9 Å². The van der Waals surface area contributed by atoms with E-state index in [-0.39, 0.29) is 36.2 Å². The summed E-state index contributed by atoms with van der Waals surface area (Å²) in [5.41, 5.74) is 0.912.